The highest BCUT2D eigenvalue weighted by molar-refractivity contribution is 7.89. The van der Waals surface area contributed by atoms with E-state index in [0.717, 1.165) is 0 Å². The molecule has 1 aliphatic rings. The fraction of sp³-hybridized carbons (Fsp3) is 0.200. The van der Waals surface area contributed by atoms with Crippen LogP contribution in [-0.4, -0.2) is 37.9 Å². The van der Waals surface area contributed by atoms with Gasteiger partial charge in [0, 0.05) is 18.3 Å². The van der Waals surface area contributed by atoms with Crippen molar-refractivity contribution in [3.63, 3.8) is 0 Å². The van der Waals surface area contributed by atoms with E-state index in [4.69, 9.17) is 4.74 Å². The standard InChI is InChI=1S/C15H15N3O5S/c19-14(12-2-1-8-16-12)17-10-3-5-11(6-4-10)24(21,22)18-13-7-9-23-15(13)20/h1-6,8,13,16,18H,7,9H2,(H,17,19)/t13-/m0/s1. The third kappa shape index (κ3) is 3.47. The Morgan fingerprint density at radius 3 is 2.54 bits per heavy atom. The number of aromatic amines is 1. The molecule has 1 aromatic carbocycles. The molecule has 24 heavy (non-hydrogen) atoms. The van der Waals surface area contributed by atoms with Gasteiger partial charge in [-0.25, -0.2) is 8.42 Å². The number of rotatable bonds is 5. The SMILES string of the molecule is O=C(Nc1ccc(S(=O)(=O)N[C@H]2CCOC2=O)cc1)c1ccc[nH]1. The van der Waals surface area contributed by atoms with Gasteiger partial charge in [0.2, 0.25) is 10.0 Å². The minimum Gasteiger partial charge on any atom is -0.464 e. The fourth-order valence-corrected chi connectivity index (χ4v) is 3.46. The molecule has 1 saturated heterocycles. The molecule has 0 bridgehead atoms. The zero-order valence-corrected chi connectivity index (χ0v) is 13.3. The van der Waals surface area contributed by atoms with Crippen molar-refractivity contribution in [1.82, 2.24) is 9.71 Å². The first-order valence-corrected chi connectivity index (χ1v) is 8.68. The Kier molecular flexibility index (Phi) is 4.36. The number of H-pyrrole nitrogens is 1. The van der Waals surface area contributed by atoms with Crippen LogP contribution in [0.2, 0.25) is 0 Å². The Morgan fingerprint density at radius 1 is 1.21 bits per heavy atom. The van der Waals surface area contributed by atoms with Crippen molar-refractivity contribution in [1.29, 1.82) is 0 Å². The van der Waals surface area contributed by atoms with E-state index < -0.39 is 22.0 Å². The first-order valence-electron chi connectivity index (χ1n) is 7.19. The molecule has 8 nitrogen and oxygen atoms in total. The molecule has 1 aliphatic heterocycles. The number of sulfonamides is 1. The molecule has 3 N–H and O–H groups in total. The average molecular weight is 349 g/mol. The molecule has 0 spiro atoms. The number of anilines is 1. The molecule has 9 heteroatoms. The second kappa shape index (κ2) is 6.46. The molecule has 2 heterocycles. The molecule has 0 aliphatic carbocycles. The van der Waals surface area contributed by atoms with Crippen molar-refractivity contribution in [2.75, 3.05) is 11.9 Å². The molecule has 0 saturated carbocycles. The van der Waals surface area contributed by atoms with Crippen LogP contribution in [0.5, 0.6) is 0 Å². The first kappa shape index (κ1) is 16.2. The summed E-state index contributed by atoms with van der Waals surface area (Å²) in [5.74, 6) is -0.907. The number of nitrogens with one attached hydrogen (secondary N) is 3. The van der Waals surface area contributed by atoms with Gasteiger partial charge in [0.25, 0.3) is 5.91 Å². The van der Waals surface area contributed by atoms with E-state index in [-0.39, 0.29) is 17.4 Å². The Labute approximate surface area is 138 Å². The highest BCUT2D eigenvalue weighted by atomic mass is 32.2. The van der Waals surface area contributed by atoms with Gasteiger partial charge in [-0.15, -0.1) is 0 Å². The van der Waals surface area contributed by atoms with E-state index in [1.54, 1.807) is 18.3 Å². The summed E-state index contributed by atoms with van der Waals surface area (Å²) in [7, 11) is -3.83. The number of cyclic esters (lactones) is 1. The summed E-state index contributed by atoms with van der Waals surface area (Å²) in [5.41, 5.74) is 0.849. The molecule has 0 radical (unpaired) electrons. The molecule has 2 aromatic rings. The number of benzene rings is 1. The summed E-state index contributed by atoms with van der Waals surface area (Å²) in [6.07, 6.45) is 1.94. The Bertz CT molecular complexity index is 844. The van der Waals surface area contributed by atoms with Gasteiger partial charge in [-0.3, -0.25) is 9.59 Å². The third-order valence-corrected chi connectivity index (χ3v) is 4.99. The van der Waals surface area contributed by atoms with E-state index in [1.807, 2.05) is 0 Å². The summed E-state index contributed by atoms with van der Waals surface area (Å²) in [6.45, 7) is 0.204. The second-order valence-corrected chi connectivity index (χ2v) is 6.91. The maximum Gasteiger partial charge on any atom is 0.324 e. The van der Waals surface area contributed by atoms with Crippen molar-refractivity contribution in [2.24, 2.45) is 0 Å². The summed E-state index contributed by atoms with van der Waals surface area (Å²) >= 11 is 0. The highest BCUT2D eigenvalue weighted by Gasteiger charge is 2.31. The number of ether oxygens (including phenoxy) is 1. The van der Waals surface area contributed by atoms with E-state index in [1.165, 1.54) is 24.3 Å². The van der Waals surface area contributed by atoms with Crippen molar-refractivity contribution in [3.05, 3.63) is 48.3 Å². The third-order valence-electron chi connectivity index (χ3n) is 3.50. The number of carbonyl (C=O) groups is 2. The molecule has 1 aromatic heterocycles. The van der Waals surface area contributed by atoms with Crippen LogP contribution < -0.4 is 10.0 Å². The molecule has 1 fully saturated rings. The number of aromatic nitrogens is 1. The summed E-state index contributed by atoms with van der Waals surface area (Å²) in [6, 6.07) is 8.12. The Hall–Kier alpha value is -2.65. The van der Waals surface area contributed by atoms with Crippen LogP contribution in [-0.2, 0) is 19.6 Å². The lowest BCUT2D eigenvalue weighted by atomic mass is 10.3. The fourth-order valence-electron chi connectivity index (χ4n) is 2.25. The van der Waals surface area contributed by atoms with Crippen LogP contribution >= 0.6 is 0 Å². The number of esters is 1. The zero-order valence-electron chi connectivity index (χ0n) is 12.5. The van der Waals surface area contributed by atoms with Gasteiger partial charge < -0.3 is 15.0 Å². The van der Waals surface area contributed by atoms with Gasteiger partial charge in [0.1, 0.15) is 11.7 Å². The van der Waals surface area contributed by atoms with Crippen molar-refractivity contribution < 1.29 is 22.7 Å². The summed E-state index contributed by atoms with van der Waals surface area (Å²) in [4.78, 5) is 26.0. The molecule has 0 unspecified atom stereocenters. The minimum atomic E-state index is -3.83. The normalized spacial score (nSPS) is 17.5. The van der Waals surface area contributed by atoms with Gasteiger partial charge in [0.05, 0.1) is 11.5 Å². The molecular weight excluding hydrogens is 334 g/mol. The largest absolute Gasteiger partial charge is 0.464 e. The Morgan fingerprint density at radius 2 is 1.96 bits per heavy atom. The topological polar surface area (TPSA) is 117 Å². The zero-order chi connectivity index (χ0) is 17.2. The van der Waals surface area contributed by atoms with E-state index >= 15 is 0 Å². The van der Waals surface area contributed by atoms with Gasteiger partial charge in [0.15, 0.2) is 0 Å². The quantitative estimate of drug-likeness (QED) is 0.692. The molecule has 126 valence electrons. The van der Waals surface area contributed by atoms with Crippen LogP contribution in [0.4, 0.5) is 5.69 Å². The van der Waals surface area contributed by atoms with Crippen LogP contribution in [0.25, 0.3) is 0 Å². The molecule has 1 atom stereocenters. The predicted molar refractivity (Wildman–Crippen MR) is 84.9 cm³/mol. The lowest BCUT2D eigenvalue weighted by Crippen LogP contribution is -2.37. The smallest absolute Gasteiger partial charge is 0.324 e. The number of amides is 1. The molecule has 1 amide bonds. The minimum absolute atomic E-state index is 0.0000672. The van der Waals surface area contributed by atoms with Gasteiger partial charge in [-0.2, -0.15) is 4.72 Å². The monoisotopic (exact) mass is 349 g/mol. The first-order chi connectivity index (χ1) is 11.5. The van der Waals surface area contributed by atoms with Gasteiger partial charge >= 0.3 is 5.97 Å². The highest BCUT2D eigenvalue weighted by Crippen LogP contribution is 2.17. The summed E-state index contributed by atoms with van der Waals surface area (Å²) < 4.78 is 31.5. The van der Waals surface area contributed by atoms with Gasteiger partial charge in [-0.05, 0) is 36.4 Å². The van der Waals surface area contributed by atoms with Crippen molar-refractivity contribution in [3.8, 4) is 0 Å². The van der Waals surface area contributed by atoms with Crippen molar-refractivity contribution >= 4 is 27.6 Å². The summed E-state index contributed by atoms with van der Waals surface area (Å²) in [5, 5.41) is 2.64. The van der Waals surface area contributed by atoms with E-state index in [2.05, 4.69) is 15.0 Å². The van der Waals surface area contributed by atoms with Crippen LogP contribution in [0.15, 0.2) is 47.5 Å². The predicted octanol–water partition coefficient (Wildman–Crippen LogP) is 0.861. The Balaban J connectivity index is 1.69. The maximum atomic E-state index is 12.2. The van der Waals surface area contributed by atoms with Crippen LogP contribution in [0, 0.1) is 0 Å². The van der Waals surface area contributed by atoms with Gasteiger partial charge in [-0.1, -0.05) is 0 Å². The van der Waals surface area contributed by atoms with Crippen molar-refractivity contribution in [2.45, 2.75) is 17.4 Å². The van der Waals surface area contributed by atoms with Crippen LogP contribution in [0.1, 0.15) is 16.9 Å². The number of carbonyl (C=O) groups excluding carboxylic acids is 2. The van der Waals surface area contributed by atoms with E-state index in [9.17, 15) is 18.0 Å². The lowest BCUT2D eigenvalue weighted by Gasteiger charge is -2.10. The number of hydrogen-bond acceptors (Lipinski definition) is 5. The second-order valence-electron chi connectivity index (χ2n) is 5.19. The lowest BCUT2D eigenvalue weighted by molar-refractivity contribution is -0.139. The van der Waals surface area contributed by atoms with Crippen LogP contribution in [0.3, 0.4) is 0 Å². The van der Waals surface area contributed by atoms with E-state index in [0.29, 0.717) is 17.8 Å². The molecular formula is C15H15N3O5S. The maximum absolute atomic E-state index is 12.2. The average Bonchev–Trinajstić information content (AvgIpc) is 3.20. The number of hydrogen-bond donors (Lipinski definition) is 3. The molecule has 3 rings (SSSR count).